The van der Waals surface area contributed by atoms with E-state index in [1.165, 1.54) is 0 Å². The molecule has 0 spiro atoms. The molecule has 5 nitrogen and oxygen atoms in total. The molecule has 1 saturated heterocycles. The summed E-state index contributed by atoms with van der Waals surface area (Å²) < 4.78 is 16.5. The number of esters is 2. The maximum atomic E-state index is 12.3. The Bertz CT molecular complexity index is 764. The maximum Gasteiger partial charge on any atom is 0.338 e. The van der Waals surface area contributed by atoms with Crippen molar-refractivity contribution in [2.75, 3.05) is 13.2 Å². The van der Waals surface area contributed by atoms with Crippen LogP contribution in [0.3, 0.4) is 0 Å². The van der Waals surface area contributed by atoms with Gasteiger partial charge in [0.25, 0.3) is 0 Å². The summed E-state index contributed by atoms with van der Waals surface area (Å²) in [6.45, 7) is 4.43. The number of benzene rings is 2. The lowest BCUT2D eigenvalue weighted by Gasteiger charge is -2.19. The Labute approximate surface area is 152 Å². The summed E-state index contributed by atoms with van der Waals surface area (Å²) in [6.07, 6.45) is -0.280. The molecule has 0 saturated carbocycles. The number of carbonyl (C=O) groups excluding carboxylic acids is 2. The van der Waals surface area contributed by atoms with Crippen molar-refractivity contribution in [2.24, 2.45) is 0 Å². The second-order valence-electron chi connectivity index (χ2n) is 6.47. The molecule has 2 aromatic carbocycles. The summed E-state index contributed by atoms with van der Waals surface area (Å²) in [5.41, 5.74) is 3.13. The highest BCUT2D eigenvalue weighted by Gasteiger charge is 2.33. The van der Waals surface area contributed by atoms with E-state index in [0.29, 0.717) is 24.2 Å². The molecule has 136 valence electrons. The van der Waals surface area contributed by atoms with Gasteiger partial charge in [-0.05, 0) is 38.1 Å². The van der Waals surface area contributed by atoms with Gasteiger partial charge in [-0.2, -0.15) is 0 Å². The van der Waals surface area contributed by atoms with Crippen molar-refractivity contribution < 1.29 is 23.8 Å². The van der Waals surface area contributed by atoms with Crippen LogP contribution in [-0.2, 0) is 14.2 Å². The van der Waals surface area contributed by atoms with Gasteiger partial charge in [0.15, 0.2) is 0 Å². The van der Waals surface area contributed by atoms with E-state index in [1.54, 1.807) is 24.3 Å². The lowest BCUT2D eigenvalue weighted by Crippen LogP contribution is -2.32. The van der Waals surface area contributed by atoms with Crippen LogP contribution in [0.25, 0.3) is 0 Å². The van der Waals surface area contributed by atoms with Crippen LogP contribution in [-0.4, -0.2) is 37.4 Å². The molecule has 2 aromatic rings. The quantitative estimate of drug-likeness (QED) is 0.770. The van der Waals surface area contributed by atoms with E-state index in [1.807, 2.05) is 38.1 Å². The number of carbonyl (C=O) groups is 2. The highest BCUT2D eigenvalue weighted by molar-refractivity contribution is 5.90. The second-order valence-corrected chi connectivity index (χ2v) is 6.47. The number of ether oxygens (including phenoxy) is 3. The topological polar surface area (TPSA) is 61.8 Å². The molecule has 0 N–H and O–H groups in total. The molecule has 26 heavy (non-hydrogen) atoms. The lowest BCUT2D eigenvalue weighted by molar-refractivity contribution is -0.0282. The Kier molecular flexibility index (Phi) is 5.68. The van der Waals surface area contributed by atoms with Crippen molar-refractivity contribution in [1.82, 2.24) is 0 Å². The number of rotatable bonds is 5. The molecule has 5 heteroatoms. The first-order valence-electron chi connectivity index (χ1n) is 8.66. The first kappa shape index (κ1) is 18.1. The van der Waals surface area contributed by atoms with Crippen LogP contribution < -0.4 is 0 Å². The van der Waals surface area contributed by atoms with Crippen LogP contribution in [0.2, 0.25) is 0 Å². The van der Waals surface area contributed by atoms with Crippen LogP contribution in [0.4, 0.5) is 0 Å². The van der Waals surface area contributed by atoms with E-state index in [0.717, 1.165) is 11.1 Å². The Hall–Kier alpha value is -2.66. The number of aryl methyl sites for hydroxylation is 2. The average molecular weight is 354 g/mol. The summed E-state index contributed by atoms with van der Waals surface area (Å²) in [5.74, 6) is -0.806. The standard InChI is InChI=1S/C21H22O5/c1-14-3-7-16(8-4-14)20(22)25-13-19-18(11-12-24-19)26-21(23)17-9-5-15(2)6-10-17/h3-10,18-19H,11-13H2,1-2H3/t18-,19+/m0/s1. The van der Waals surface area contributed by atoms with Crippen molar-refractivity contribution >= 4 is 11.9 Å². The monoisotopic (exact) mass is 354 g/mol. The average Bonchev–Trinajstić information content (AvgIpc) is 3.08. The van der Waals surface area contributed by atoms with E-state index < -0.39 is 24.1 Å². The molecule has 0 aromatic heterocycles. The van der Waals surface area contributed by atoms with E-state index in [2.05, 4.69) is 0 Å². The molecule has 1 aliphatic rings. The molecule has 0 amide bonds. The molecule has 1 fully saturated rings. The maximum absolute atomic E-state index is 12.3. The number of hydrogen-bond acceptors (Lipinski definition) is 5. The van der Waals surface area contributed by atoms with Crippen LogP contribution in [0.1, 0.15) is 38.3 Å². The molecular formula is C21H22O5. The van der Waals surface area contributed by atoms with Gasteiger partial charge in [0.2, 0.25) is 0 Å². The zero-order chi connectivity index (χ0) is 18.5. The fraction of sp³-hybridized carbons (Fsp3) is 0.333. The SMILES string of the molecule is Cc1ccc(C(=O)OC[C@H]2OCC[C@@H]2OC(=O)c2ccc(C)cc2)cc1. The van der Waals surface area contributed by atoms with Crippen LogP contribution >= 0.6 is 0 Å². The third-order valence-corrected chi connectivity index (χ3v) is 4.36. The highest BCUT2D eigenvalue weighted by atomic mass is 16.6. The van der Waals surface area contributed by atoms with E-state index in [-0.39, 0.29) is 6.61 Å². The Morgan fingerprint density at radius 2 is 1.46 bits per heavy atom. The molecule has 1 heterocycles. The minimum absolute atomic E-state index is 0.0541. The van der Waals surface area contributed by atoms with Gasteiger partial charge in [-0.25, -0.2) is 9.59 Å². The van der Waals surface area contributed by atoms with Crippen LogP contribution in [0.15, 0.2) is 48.5 Å². The van der Waals surface area contributed by atoms with Gasteiger partial charge in [0.1, 0.15) is 18.8 Å². The van der Waals surface area contributed by atoms with Gasteiger partial charge in [0.05, 0.1) is 17.7 Å². The lowest BCUT2D eigenvalue weighted by atomic mass is 10.1. The van der Waals surface area contributed by atoms with Crippen molar-refractivity contribution in [1.29, 1.82) is 0 Å². The Morgan fingerprint density at radius 3 is 2.04 bits per heavy atom. The molecule has 0 radical (unpaired) electrons. The summed E-state index contributed by atoms with van der Waals surface area (Å²) in [4.78, 5) is 24.4. The summed E-state index contributed by atoms with van der Waals surface area (Å²) in [6, 6.07) is 14.4. The van der Waals surface area contributed by atoms with Crippen molar-refractivity contribution in [2.45, 2.75) is 32.5 Å². The zero-order valence-electron chi connectivity index (χ0n) is 14.9. The van der Waals surface area contributed by atoms with Crippen molar-refractivity contribution in [3.05, 3.63) is 70.8 Å². The normalized spacial score (nSPS) is 19.2. The van der Waals surface area contributed by atoms with Crippen LogP contribution in [0, 0.1) is 13.8 Å². The third-order valence-electron chi connectivity index (χ3n) is 4.36. The minimum Gasteiger partial charge on any atom is -0.459 e. The van der Waals surface area contributed by atoms with Gasteiger partial charge in [-0.1, -0.05) is 35.4 Å². The minimum atomic E-state index is -0.446. The van der Waals surface area contributed by atoms with Gasteiger partial charge in [-0.3, -0.25) is 0 Å². The predicted octanol–water partition coefficient (Wildman–Crippen LogP) is 3.47. The van der Waals surface area contributed by atoms with Crippen molar-refractivity contribution in [3.8, 4) is 0 Å². The van der Waals surface area contributed by atoms with E-state index in [4.69, 9.17) is 14.2 Å². The molecule has 2 atom stereocenters. The van der Waals surface area contributed by atoms with Crippen molar-refractivity contribution in [3.63, 3.8) is 0 Å². The highest BCUT2D eigenvalue weighted by Crippen LogP contribution is 2.20. The summed E-state index contributed by atoms with van der Waals surface area (Å²) >= 11 is 0. The van der Waals surface area contributed by atoms with Gasteiger partial charge >= 0.3 is 11.9 Å². The molecule has 0 unspecified atom stereocenters. The largest absolute Gasteiger partial charge is 0.459 e. The van der Waals surface area contributed by atoms with Gasteiger partial charge in [-0.15, -0.1) is 0 Å². The zero-order valence-corrected chi connectivity index (χ0v) is 14.9. The third kappa shape index (κ3) is 4.49. The molecule has 1 aliphatic heterocycles. The summed E-state index contributed by atoms with van der Waals surface area (Å²) in [7, 11) is 0. The second kappa shape index (κ2) is 8.15. The first-order valence-corrected chi connectivity index (χ1v) is 8.66. The first-order chi connectivity index (χ1) is 12.5. The Morgan fingerprint density at radius 1 is 0.923 bits per heavy atom. The van der Waals surface area contributed by atoms with E-state index in [9.17, 15) is 9.59 Å². The molecule has 0 aliphatic carbocycles. The van der Waals surface area contributed by atoms with E-state index >= 15 is 0 Å². The Balaban J connectivity index is 1.54. The van der Waals surface area contributed by atoms with Crippen LogP contribution in [0.5, 0.6) is 0 Å². The predicted molar refractivity (Wildman–Crippen MR) is 96.2 cm³/mol. The summed E-state index contributed by atoms with van der Waals surface area (Å²) in [5, 5.41) is 0. The van der Waals surface area contributed by atoms with Gasteiger partial charge < -0.3 is 14.2 Å². The number of hydrogen-bond donors (Lipinski definition) is 0. The van der Waals surface area contributed by atoms with Gasteiger partial charge in [0, 0.05) is 6.42 Å². The molecule has 3 rings (SSSR count). The smallest absolute Gasteiger partial charge is 0.338 e. The fourth-order valence-corrected chi connectivity index (χ4v) is 2.75. The fourth-order valence-electron chi connectivity index (χ4n) is 2.75. The molecular weight excluding hydrogens is 332 g/mol. The molecule has 0 bridgehead atoms.